The SMILES string of the molecule is c1ccc(-c2cc(-c3ccccc3)n3c4ccccc4c4cc5ccccc5cc4c23)cc1.c1ccc(-c2cc(-c3ccccc3)n3c4cccnc4c4cc5ccccc5cc4c23)cc1.c1ccc(-c2cc(-c3ccccc3)n3c4ncccc4c4cc5ccccc5cc4c23)cc1.c1ccc(-c2cc(-c3ccccc3)n3c4nccnc4c4cc5ccccc5cc4c23)cc1. The van der Waals surface area contributed by atoms with Crippen LogP contribution in [0.2, 0.25) is 0 Å². The summed E-state index contributed by atoms with van der Waals surface area (Å²) in [6, 6.07) is 165. The first-order valence-electron chi connectivity index (χ1n) is 45.0. The number of pyridine rings is 6. The smallest absolute Gasteiger partial charge is 0.164 e. The lowest BCUT2D eigenvalue weighted by molar-refractivity contribution is 1.18. The van der Waals surface area contributed by atoms with Crippen LogP contribution in [0, 0.1) is 0 Å². The predicted molar refractivity (Wildman–Crippen MR) is 554 cm³/mol. The average Bonchev–Trinajstić information content (AvgIpc) is 1.59. The number of benzene rings is 17. The number of rotatable bonds is 8. The Balaban J connectivity index is 0.0000000945. The summed E-state index contributed by atoms with van der Waals surface area (Å²) in [6.45, 7) is 0. The lowest BCUT2D eigenvalue weighted by Crippen LogP contribution is -1.97. The molecule has 616 valence electrons. The van der Waals surface area contributed by atoms with Gasteiger partial charge in [0.2, 0.25) is 0 Å². The average molecular weight is 1680 g/mol. The quantitative estimate of drug-likeness (QED) is 0.112. The monoisotopic (exact) mass is 1680 g/mol. The van der Waals surface area contributed by atoms with Crippen LogP contribution in [0.3, 0.4) is 0 Å². The molecule has 0 saturated carbocycles. The van der Waals surface area contributed by atoms with Gasteiger partial charge in [-0.2, -0.15) is 0 Å². The van der Waals surface area contributed by atoms with Gasteiger partial charge in [0.1, 0.15) is 11.2 Å². The van der Waals surface area contributed by atoms with E-state index < -0.39 is 0 Å². The molecule has 17 aromatic carbocycles. The van der Waals surface area contributed by atoms with Gasteiger partial charge in [0.15, 0.2) is 5.65 Å². The van der Waals surface area contributed by atoms with Crippen LogP contribution < -0.4 is 0 Å². The van der Waals surface area contributed by atoms with Gasteiger partial charge in [-0.25, -0.2) is 9.97 Å². The highest BCUT2D eigenvalue weighted by atomic mass is 15.0. The van der Waals surface area contributed by atoms with Gasteiger partial charge in [0, 0.05) is 90.1 Å². The van der Waals surface area contributed by atoms with Crippen LogP contribution in [0.4, 0.5) is 0 Å². The van der Waals surface area contributed by atoms with E-state index in [2.05, 4.69) is 467 Å². The molecule has 28 rings (SSSR count). The summed E-state index contributed by atoms with van der Waals surface area (Å²) in [5, 5.41) is 22.2. The molecule has 0 aliphatic heterocycles. The molecule has 11 aromatic heterocycles. The summed E-state index contributed by atoms with van der Waals surface area (Å²) in [7, 11) is 0. The Morgan fingerprint density at radius 1 is 0.144 bits per heavy atom. The Labute approximate surface area is 760 Å². The standard InChI is InChI=1S/C32H21N.2C31H20N2.C30H19N3/c1-3-11-22(12-4-1)27-21-31(23-13-5-2-6-14-23)33-30-18-10-9-17-26(30)28-19-24-15-7-8-16-25(24)20-29(28)32(27)33;1-3-10-21(11-4-1)25-20-29(22-12-5-2-6-13-22)33-28-16-9-17-32-30(28)26-18-23-14-7-8-15-24(23)19-27(26)31(25)33;1-3-10-21(11-4-1)26-20-29(22-12-5-2-6-13-22)33-30(26)28-19-24-15-8-7-14-23(24)18-27(28)25-16-9-17-32-31(25)33;1-3-9-20(10-4-1)24-19-27(21-11-5-2-6-12-21)33-29(24)26-18-23-14-8-7-13-22(23)17-25(26)28-30(33)32-16-15-31-28/h1-21H;2*1-20H;1-19H. The van der Waals surface area contributed by atoms with Gasteiger partial charge >= 0.3 is 0 Å². The molecule has 28 aromatic rings. The number of aromatic nitrogens is 8. The van der Waals surface area contributed by atoms with E-state index in [-0.39, 0.29) is 0 Å². The number of para-hydroxylation sites is 1. The minimum Gasteiger partial charge on any atom is -0.308 e. The predicted octanol–water partition coefficient (Wildman–Crippen LogP) is 32.5. The molecule has 8 nitrogen and oxygen atoms in total. The van der Waals surface area contributed by atoms with Crippen molar-refractivity contribution in [2.75, 3.05) is 0 Å². The van der Waals surface area contributed by atoms with Gasteiger partial charge in [-0.05, 0) is 201 Å². The molecule has 0 unspecified atom stereocenters. The molecule has 0 aliphatic carbocycles. The zero-order valence-corrected chi connectivity index (χ0v) is 71.8. The maximum atomic E-state index is 4.90. The molecule has 0 radical (unpaired) electrons. The topological polar surface area (TPSA) is 69.2 Å². The normalized spacial score (nSPS) is 11.6. The fraction of sp³-hybridized carbons (Fsp3) is 0. The molecule has 8 heteroatoms. The third-order valence-corrected chi connectivity index (χ3v) is 26.3. The van der Waals surface area contributed by atoms with Gasteiger partial charge in [0.05, 0.1) is 61.4 Å². The lowest BCUT2D eigenvalue weighted by Gasteiger charge is -2.14. The maximum absolute atomic E-state index is 4.90. The third kappa shape index (κ3) is 13.1. The molecule has 0 atom stereocenters. The number of hydrogen-bond acceptors (Lipinski definition) is 4. The lowest BCUT2D eigenvalue weighted by atomic mass is 9.97. The van der Waals surface area contributed by atoms with Crippen molar-refractivity contribution >= 4 is 152 Å². The number of hydrogen-bond donors (Lipinski definition) is 0. The van der Waals surface area contributed by atoms with E-state index in [1.807, 2.05) is 24.5 Å². The van der Waals surface area contributed by atoms with Crippen molar-refractivity contribution in [2.45, 2.75) is 0 Å². The molecule has 132 heavy (non-hydrogen) atoms. The first kappa shape index (κ1) is 76.7. The Morgan fingerprint density at radius 3 is 0.780 bits per heavy atom. The van der Waals surface area contributed by atoms with Crippen LogP contribution in [0.25, 0.3) is 242 Å². The maximum Gasteiger partial charge on any atom is 0.164 e. The highest BCUT2D eigenvalue weighted by molar-refractivity contribution is 6.24. The van der Waals surface area contributed by atoms with Crippen LogP contribution in [-0.4, -0.2) is 37.5 Å². The van der Waals surface area contributed by atoms with Crippen LogP contribution in [0.15, 0.2) is 486 Å². The molecular weight excluding hydrogens is 1600 g/mol. The minimum absolute atomic E-state index is 0.872. The van der Waals surface area contributed by atoms with Crippen LogP contribution in [0.5, 0.6) is 0 Å². The Morgan fingerprint density at radius 2 is 0.386 bits per heavy atom. The van der Waals surface area contributed by atoms with Crippen LogP contribution in [-0.2, 0) is 0 Å². The van der Waals surface area contributed by atoms with Crippen molar-refractivity contribution in [3.8, 4) is 89.5 Å². The zero-order chi connectivity index (χ0) is 87.1. The first-order valence-corrected chi connectivity index (χ1v) is 45.0. The molecule has 0 amide bonds. The van der Waals surface area contributed by atoms with E-state index in [4.69, 9.17) is 19.9 Å². The number of fused-ring (bicyclic) bond motifs is 28. The van der Waals surface area contributed by atoms with Crippen molar-refractivity contribution in [3.05, 3.63) is 486 Å². The molecular formula is C124H80N8. The summed E-state index contributed by atoms with van der Waals surface area (Å²) in [6.07, 6.45) is 7.36. The Hall–Kier alpha value is -17.7. The zero-order valence-electron chi connectivity index (χ0n) is 71.8. The van der Waals surface area contributed by atoms with Gasteiger partial charge in [-0.15, -0.1) is 0 Å². The Kier molecular flexibility index (Phi) is 18.8. The second-order valence-electron chi connectivity index (χ2n) is 33.9. The second-order valence-corrected chi connectivity index (χ2v) is 33.9. The van der Waals surface area contributed by atoms with E-state index in [0.29, 0.717) is 0 Å². The Bertz CT molecular complexity index is 8270. The van der Waals surface area contributed by atoms with Crippen molar-refractivity contribution < 1.29 is 0 Å². The van der Waals surface area contributed by atoms with E-state index in [9.17, 15) is 0 Å². The molecule has 0 fully saturated rings. The summed E-state index contributed by atoms with van der Waals surface area (Å²) in [5.74, 6) is 0. The molecule has 0 aliphatic rings. The molecule has 0 spiro atoms. The fourth-order valence-corrected chi connectivity index (χ4v) is 20.4. The van der Waals surface area contributed by atoms with E-state index in [1.165, 1.54) is 181 Å². The first-order chi connectivity index (χ1) is 65.5. The van der Waals surface area contributed by atoms with Crippen molar-refractivity contribution in [1.82, 2.24) is 37.5 Å². The summed E-state index contributed by atoms with van der Waals surface area (Å²) in [4.78, 5) is 19.4. The van der Waals surface area contributed by atoms with Gasteiger partial charge in [-0.3, -0.25) is 18.8 Å². The van der Waals surface area contributed by atoms with E-state index >= 15 is 0 Å². The van der Waals surface area contributed by atoms with E-state index in [1.54, 1.807) is 12.4 Å². The van der Waals surface area contributed by atoms with Gasteiger partial charge < -0.3 is 8.80 Å². The molecule has 0 bridgehead atoms. The van der Waals surface area contributed by atoms with Crippen LogP contribution in [0.1, 0.15) is 0 Å². The molecule has 11 heterocycles. The van der Waals surface area contributed by atoms with Crippen molar-refractivity contribution in [3.63, 3.8) is 0 Å². The number of nitrogens with zero attached hydrogens (tertiary/aromatic N) is 8. The third-order valence-electron chi connectivity index (χ3n) is 26.3. The van der Waals surface area contributed by atoms with Gasteiger partial charge in [0.25, 0.3) is 0 Å². The van der Waals surface area contributed by atoms with E-state index in [0.717, 1.165) is 61.1 Å². The largest absolute Gasteiger partial charge is 0.308 e. The summed E-state index contributed by atoms with van der Waals surface area (Å²) in [5.41, 5.74) is 30.2. The van der Waals surface area contributed by atoms with Crippen LogP contribution >= 0.6 is 0 Å². The fourth-order valence-electron chi connectivity index (χ4n) is 20.4. The molecule has 0 N–H and O–H groups in total. The second kappa shape index (κ2) is 32.3. The highest BCUT2D eigenvalue weighted by Crippen LogP contribution is 2.48. The summed E-state index contributed by atoms with van der Waals surface area (Å²) >= 11 is 0. The van der Waals surface area contributed by atoms with Crippen molar-refractivity contribution in [1.29, 1.82) is 0 Å². The summed E-state index contributed by atoms with van der Waals surface area (Å²) < 4.78 is 9.50. The van der Waals surface area contributed by atoms with Crippen molar-refractivity contribution in [2.24, 2.45) is 0 Å². The highest BCUT2D eigenvalue weighted by Gasteiger charge is 2.26. The molecule has 0 saturated heterocycles. The minimum atomic E-state index is 0.872. The van der Waals surface area contributed by atoms with Gasteiger partial charge in [-0.1, -0.05) is 358 Å².